The lowest BCUT2D eigenvalue weighted by atomic mass is 10.1. The molecule has 0 saturated carbocycles. The zero-order chi connectivity index (χ0) is 38.4. The molecule has 0 N–H and O–H groups in total. The van der Waals surface area contributed by atoms with Crippen LogP contribution in [0.2, 0.25) is 0 Å². The van der Waals surface area contributed by atoms with Gasteiger partial charge in [0.2, 0.25) is 0 Å². The van der Waals surface area contributed by atoms with Crippen LogP contribution in [0.3, 0.4) is 0 Å². The topological polar surface area (TPSA) is 50.3 Å². The van der Waals surface area contributed by atoms with Crippen LogP contribution in [0, 0.1) is 0 Å². The SMILES string of the molecule is c1ccc(N(c2ccccc2)c2ccc3c(c2)c2cc(N(c4ccccc4)c4ccccc4)ccc2n3-c2cccc(-c3ncnc4c3oc3ccccc34)c2)cc1. The van der Waals surface area contributed by atoms with Gasteiger partial charge in [0.15, 0.2) is 5.58 Å². The van der Waals surface area contributed by atoms with Gasteiger partial charge < -0.3 is 18.8 Å². The van der Waals surface area contributed by atoms with E-state index in [1.807, 2.05) is 24.3 Å². The zero-order valence-electron chi connectivity index (χ0n) is 31.4. The molecule has 0 unspecified atom stereocenters. The molecule has 0 saturated heterocycles. The Labute approximate surface area is 335 Å². The van der Waals surface area contributed by atoms with Gasteiger partial charge in [-0.15, -0.1) is 0 Å². The number of aromatic nitrogens is 3. The molecule has 0 fully saturated rings. The molecule has 0 aliphatic carbocycles. The van der Waals surface area contributed by atoms with Crippen molar-refractivity contribution in [2.75, 3.05) is 9.80 Å². The Bertz CT molecular complexity index is 3010. The third kappa shape index (κ3) is 5.66. The van der Waals surface area contributed by atoms with Gasteiger partial charge in [0.05, 0.1) is 11.0 Å². The molecule has 0 bridgehead atoms. The van der Waals surface area contributed by atoms with Crippen LogP contribution in [0.1, 0.15) is 0 Å². The fourth-order valence-electron chi connectivity index (χ4n) is 8.28. The van der Waals surface area contributed by atoms with Crippen LogP contribution in [-0.2, 0) is 0 Å². The van der Waals surface area contributed by atoms with Gasteiger partial charge in [-0.25, -0.2) is 9.97 Å². The number of hydrogen-bond donors (Lipinski definition) is 0. The lowest BCUT2D eigenvalue weighted by Crippen LogP contribution is -2.09. The predicted octanol–water partition coefficient (Wildman–Crippen LogP) is 14.1. The number of benzene rings is 8. The van der Waals surface area contributed by atoms with E-state index in [0.29, 0.717) is 5.58 Å². The first-order valence-corrected chi connectivity index (χ1v) is 19.4. The van der Waals surface area contributed by atoms with Crippen molar-refractivity contribution in [2.45, 2.75) is 0 Å². The summed E-state index contributed by atoms with van der Waals surface area (Å²) in [6, 6.07) is 72.5. The molecule has 3 aromatic heterocycles. The van der Waals surface area contributed by atoms with Gasteiger partial charge in [-0.3, -0.25) is 0 Å². The second-order valence-electron chi connectivity index (χ2n) is 14.3. The van der Waals surface area contributed by atoms with E-state index < -0.39 is 0 Å². The Morgan fingerprint density at radius 3 is 1.43 bits per heavy atom. The fraction of sp³-hybridized carbons (Fsp3) is 0. The Morgan fingerprint density at radius 1 is 0.397 bits per heavy atom. The highest BCUT2D eigenvalue weighted by molar-refractivity contribution is 6.12. The van der Waals surface area contributed by atoms with Gasteiger partial charge in [-0.2, -0.15) is 0 Å². The highest BCUT2D eigenvalue weighted by atomic mass is 16.3. The second kappa shape index (κ2) is 14.0. The Hall–Kier alpha value is -7.96. The first kappa shape index (κ1) is 33.4. The zero-order valence-corrected chi connectivity index (χ0v) is 31.4. The van der Waals surface area contributed by atoms with Crippen molar-refractivity contribution in [3.05, 3.63) is 213 Å². The summed E-state index contributed by atoms with van der Waals surface area (Å²) in [4.78, 5) is 14.0. The summed E-state index contributed by atoms with van der Waals surface area (Å²) in [6.45, 7) is 0. The molecule has 3 heterocycles. The first-order chi connectivity index (χ1) is 28.8. The summed E-state index contributed by atoms with van der Waals surface area (Å²) >= 11 is 0. The molecule has 0 atom stereocenters. The maximum absolute atomic E-state index is 6.38. The maximum Gasteiger partial charge on any atom is 0.180 e. The van der Waals surface area contributed by atoms with E-state index in [-0.39, 0.29) is 0 Å². The highest BCUT2D eigenvalue weighted by Crippen LogP contribution is 2.43. The van der Waals surface area contributed by atoms with E-state index in [4.69, 9.17) is 9.40 Å². The molecule has 274 valence electrons. The average molecular weight is 746 g/mol. The minimum absolute atomic E-state index is 0.682. The summed E-state index contributed by atoms with van der Waals surface area (Å²) in [6.07, 6.45) is 1.63. The van der Waals surface area contributed by atoms with Crippen LogP contribution in [-0.4, -0.2) is 14.5 Å². The van der Waals surface area contributed by atoms with Crippen molar-refractivity contribution in [2.24, 2.45) is 0 Å². The molecule has 6 nitrogen and oxygen atoms in total. The second-order valence-corrected chi connectivity index (χ2v) is 14.3. The summed E-state index contributed by atoms with van der Waals surface area (Å²) < 4.78 is 8.75. The largest absolute Gasteiger partial charge is 0.452 e. The first-order valence-electron chi connectivity index (χ1n) is 19.4. The Kier molecular flexibility index (Phi) is 8.04. The number of hydrogen-bond acceptors (Lipinski definition) is 5. The number of anilines is 6. The van der Waals surface area contributed by atoms with Crippen molar-refractivity contribution < 1.29 is 4.42 Å². The van der Waals surface area contributed by atoms with Crippen LogP contribution in [0.4, 0.5) is 34.1 Å². The molecule has 8 aromatic carbocycles. The standard InChI is InChI=1S/C52H35N5O/c1-5-17-37(18-6-1)55(38-19-7-2-8-20-38)42-28-30-47-45(33-42)46-34-43(56(39-21-9-3-10-22-39)40-23-11-4-12-24-40)29-31-48(46)57(47)41-25-15-16-36(32-41)50-52-51(54-35-53-50)44-26-13-14-27-49(44)58-52/h1-35H. The van der Waals surface area contributed by atoms with Gasteiger partial charge in [-0.1, -0.05) is 97.1 Å². The maximum atomic E-state index is 6.38. The van der Waals surface area contributed by atoms with E-state index in [0.717, 1.165) is 89.4 Å². The average Bonchev–Trinajstić information content (AvgIpc) is 3.84. The number of rotatable bonds is 8. The molecule has 0 aliphatic heterocycles. The normalized spacial score (nSPS) is 11.4. The van der Waals surface area contributed by atoms with Crippen molar-refractivity contribution in [3.8, 4) is 16.9 Å². The molecule has 6 heteroatoms. The quantitative estimate of drug-likeness (QED) is 0.155. The van der Waals surface area contributed by atoms with Crippen molar-refractivity contribution in [3.63, 3.8) is 0 Å². The van der Waals surface area contributed by atoms with E-state index in [9.17, 15) is 0 Å². The lowest BCUT2D eigenvalue weighted by molar-refractivity contribution is 0.667. The molecule has 58 heavy (non-hydrogen) atoms. The third-order valence-electron chi connectivity index (χ3n) is 10.8. The smallest absolute Gasteiger partial charge is 0.180 e. The lowest BCUT2D eigenvalue weighted by Gasteiger charge is -2.26. The molecular weight excluding hydrogens is 711 g/mol. The summed E-state index contributed by atoms with van der Waals surface area (Å²) in [5.74, 6) is 0. The highest BCUT2D eigenvalue weighted by Gasteiger charge is 2.21. The number of nitrogens with zero attached hydrogens (tertiary/aromatic N) is 5. The minimum atomic E-state index is 0.682. The number of furan rings is 1. The van der Waals surface area contributed by atoms with Crippen LogP contribution >= 0.6 is 0 Å². The van der Waals surface area contributed by atoms with Gasteiger partial charge in [0.25, 0.3) is 0 Å². The van der Waals surface area contributed by atoms with E-state index in [1.165, 1.54) is 0 Å². The van der Waals surface area contributed by atoms with Crippen LogP contribution in [0.15, 0.2) is 217 Å². The summed E-state index contributed by atoms with van der Waals surface area (Å²) in [7, 11) is 0. The van der Waals surface area contributed by atoms with E-state index in [2.05, 4.69) is 201 Å². The molecule has 11 rings (SSSR count). The van der Waals surface area contributed by atoms with Crippen molar-refractivity contribution in [1.29, 1.82) is 0 Å². The predicted molar refractivity (Wildman–Crippen MR) is 238 cm³/mol. The summed E-state index contributed by atoms with van der Waals surface area (Å²) in [5, 5.41) is 3.25. The van der Waals surface area contributed by atoms with Gasteiger partial charge in [0, 0.05) is 61.5 Å². The van der Waals surface area contributed by atoms with E-state index in [1.54, 1.807) is 6.33 Å². The van der Waals surface area contributed by atoms with Crippen LogP contribution in [0.5, 0.6) is 0 Å². The van der Waals surface area contributed by atoms with E-state index >= 15 is 0 Å². The van der Waals surface area contributed by atoms with Crippen LogP contribution < -0.4 is 9.80 Å². The van der Waals surface area contributed by atoms with Gasteiger partial charge in [0.1, 0.15) is 23.1 Å². The molecular formula is C52H35N5O. The van der Waals surface area contributed by atoms with Crippen molar-refractivity contribution in [1.82, 2.24) is 14.5 Å². The molecule has 0 aliphatic rings. The minimum Gasteiger partial charge on any atom is -0.452 e. The molecule has 11 aromatic rings. The molecule has 0 radical (unpaired) electrons. The number of para-hydroxylation sites is 5. The molecule has 0 amide bonds. The Morgan fingerprint density at radius 2 is 0.897 bits per heavy atom. The number of fused-ring (bicyclic) bond motifs is 6. The van der Waals surface area contributed by atoms with Crippen LogP contribution in [0.25, 0.3) is 60.8 Å². The Balaban J connectivity index is 1.15. The molecule has 0 spiro atoms. The summed E-state index contributed by atoms with van der Waals surface area (Å²) in [5.41, 5.74) is 13.7. The van der Waals surface area contributed by atoms with Crippen molar-refractivity contribution >= 4 is 78.0 Å². The fourth-order valence-corrected chi connectivity index (χ4v) is 8.28. The third-order valence-corrected chi connectivity index (χ3v) is 10.8. The van der Waals surface area contributed by atoms with Gasteiger partial charge >= 0.3 is 0 Å². The monoisotopic (exact) mass is 745 g/mol. The van der Waals surface area contributed by atoms with Gasteiger partial charge in [-0.05, 0) is 109 Å².